The van der Waals surface area contributed by atoms with E-state index >= 15 is 0 Å². The molecule has 0 unspecified atom stereocenters. The monoisotopic (exact) mass is 688 g/mol. The largest absolute Gasteiger partial charge is 0.513 e. The number of nitrogens with two attached hydrogens (primary N) is 2. The summed E-state index contributed by atoms with van der Waals surface area (Å²) in [6.07, 6.45) is 26.7. The molecule has 0 fully saturated rings. The summed E-state index contributed by atoms with van der Waals surface area (Å²) in [6.45, 7) is 4.84. The maximum Gasteiger partial charge on any atom is 0.513 e. The molecule has 1 amide bonds. The fraction of sp³-hybridized carbons (Fsp3) is 0.486. The highest BCUT2D eigenvalue weighted by molar-refractivity contribution is 5.91. The van der Waals surface area contributed by atoms with Crippen LogP contribution in [0.2, 0.25) is 0 Å². The molecule has 0 saturated heterocycles. The SMILES string of the molecule is CC/C=C\C/C=C\C/C=C\C/C=C\C/C=C\C/C=C\CC(=O)OCC(C)(C)[C@@H](O)C(=O)NCCC(=O)OC(=O)O.CN(C)C(=N)N=C(N)N. The molecule has 8 N–H and O–H groups in total. The van der Waals surface area contributed by atoms with Crippen molar-refractivity contribution in [1.82, 2.24) is 10.2 Å². The number of carbonyl (C=O) groups excluding carboxylic acids is 3. The molecule has 14 nitrogen and oxygen atoms in total. The summed E-state index contributed by atoms with van der Waals surface area (Å²) in [5.74, 6) is -2.33. The molecule has 0 aliphatic heterocycles. The Morgan fingerprint density at radius 1 is 0.837 bits per heavy atom. The Morgan fingerprint density at radius 2 is 1.29 bits per heavy atom. The van der Waals surface area contributed by atoms with Gasteiger partial charge in [-0.2, -0.15) is 4.99 Å². The van der Waals surface area contributed by atoms with Gasteiger partial charge in [-0.15, -0.1) is 0 Å². The third-order valence-electron chi connectivity index (χ3n) is 5.96. The third kappa shape index (κ3) is 30.1. The van der Waals surface area contributed by atoms with Crippen LogP contribution in [0.15, 0.2) is 77.9 Å². The number of carboxylic acid groups (broad SMARTS) is 1. The average Bonchev–Trinajstić information content (AvgIpc) is 3.02. The van der Waals surface area contributed by atoms with Crippen LogP contribution in [-0.2, 0) is 23.9 Å². The minimum atomic E-state index is -1.73. The highest BCUT2D eigenvalue weighted by Crippen LogP contribution is 2.21. The fourth-order valence-corrected chi connectivity index (χ4v) is 3.22. The van der Waals surface area contributed by atoms with Crippen LogP contribution in [-0.4, -0.2) is 84.4 Å². The van der Waals surface area contributed by atoms with Gasteiger partial charge in [0.2, 0.25) is 11.9 Å². The second-order valence-electron chi connectivity index (χ2n) is 11.2. The van der Waals surface area contributed by atoms with Gasteiger partial charge in [-0.05, 0) is 38.5 Å². The van der Waals surface area contributed by atoms with E-state index in [-0.39, 0.29) is 37.9 Å². The maximum atomic E-state index is 12.1. The van der Waals surface area contributed by atoms with Crippen LogP contribution in [0.3, 0.4) is 0 Å². The summed E-state index contributed by atoms with van der Waals surface area (Å²) < 4.78 is 9.10. The number of nitrogens with zero attached hydrogens (tertiary/aromatic N) is 2. The summed E-state index contributed by atoms with van der Waals surface area (Å²) in [6, 6.07) is 0. The summed E-state index contributed by atoms with van der Waals surface area (Å²) in [4.78, 5) is 50.5. The van der Waals surface area contributed by atoms with Crippen LogP contribution in [0.1, 0.15) is 72.1 Å². The summed E-state index contributed by atoms with van der Waals surface area (Å²) in [5, 5.41) is 28.0. The number of aliphatic imine (C=N–C) groups is 1. The van der Waals surface area contributed by atoms with Crippen LogP contribution in [0.4, 0.5) is 4.79 Å². The average molecular weight is 689 g/mol. The molecule has 274 valence electrons. The van der Waals surface area contributed by atoms with Gasteiger partial charge in [0.1, 0.15) is 6.10 Å². The van der Waals surface area contributed by atoms with Crippen LogP contribution in [0.5, 0.6) is 0 Å². The van der Waals surface area contributed by atoms with E-state index in [1.807, 2.05) is 12.2 Å². The van der Waals surface area contributed by atoms with Gasteiger partial charge in [0.25, 0.3) is 0 Å². The first kappa shape index (κ1) is 46.1. The van der Waals surface area contributed by atoms with Crippen molar-refractivity contribution in [3.8, 4) is 0 Å². The first-order chi connectivity index (χ1) is 23.1. The Bertz CT molecular complexity index is 1210. The van der Waals surface area contributed by atoms with Gasteiger partial charge in [-0.25, -0.2) is 4.79 Å². The first-order valence-corrected chi connectivity index (χ1v) is 15.9. The molecule has 0 spiro atoms. The molecule has 0 aliphatic carbocycles. The number of hydrogen-bond acceptors (Lipinski definition) is 8. The first-order valence-electron chi connectivity index (χ1n) is 15.9. The van der Waals surface area contributed by atoms with E-state index in [0.29, 0.717) is 6.42 Å². The van der Waals surface area contributed by atoms with Crippen LogP contribution >= 0.6 is 0 Å². The van der Waals surface area contributed by atoms with Crippen molar-refractivity contribution >= 4 is 35.9 Å². The third-order valence-corrected chi connectivity index (χ3v) is 5.96. The molecule has 0 rings (SSSR count). The topological polar surface area (TPSA) is 231 Å². The van der Waals surface area contributed by atoms with Gasteiger partial charge >= 0.3 is 18.1 Å². The minimum Gasteiger partial charge on any atom is -0.465 e. The molecule has 0 aliphatic rings. The van der Waals surface area contributed by atoms with Gasteiger partial charge in [0, 0.05) is 26.1 Å². The zero-order valence-corrected chi connectivity index (χ0v) is 29.5. The summed E-state index contributed by atoms with van der Waals surface area (Å²) >= 11 is 0. The highest BCUT2D eigenvalue weighted by Gasteiger charge is 2.35. The zero-order valence-electron chi connectivity index (χ0n) is 29.5. The maximum absolute atomic E-state index is 12.1. The van der Waals surface area contributed by atoms with Crippen molar-refractivity contribution in [2.24, 2.45) is 21.9 Å². The predicted octanol–water partition coefficient (Wildman–Crippen LogP) is 4.49. The van der Waals surface area contributed by atoms with Crippen molar-refractivity contribution in [2.45, 2.75) is 78.2 Å². The van der Waals surface area contributed by atoms with E-state index in [2.05, 4.69) is 76.7 Å². The Morgan fingerprint density at radius 3 is 1.67 bits per heavy atom. The zero-order chi connectivity index (χ0) is 37.5. The number of amides is 1. The lowest BCUT2D eigenvalue weighted by atomic mass is 9.87. The molecule has 0 radical (unpaired) electrons. The van der Waals surface area contributed by atoms with Crippen molar-refractivity contribution < 1.29 is 38.9 Å². The van der Waals surface area contributed by atoms with Crippen molar-refractivity contribution in [1.29, 1.82) is 5.41 Å². The molecule has 14 heteroatoms. The minimum absolute atomic E-state index is 0.0509. The molecule has 0 bridgehead atoms. The number of aliphatic hydroxyl groups excluding tert-OH is 1. The van der Waals surface area contributed by atoms with Crippen LogP contribution < -0.4 is 16.8 Å². The standard InChI is InChI=1S/C31H45NO8.C4H11N5/c1-4-5-6-7-8-9-10-11-12-13-14-15-16-17-18-19-20-21-22-26(33)39-25-31(2,3)28(35)29(36)32-24-23-27(34)40-30(37)38;1-9(2)4(7)8-3(5)6/h5-6,8-9,11-12,14-15,17-18,20-21,28,35H,4,7,10,13,16,19,22-25H2,1-3H3,(H,32,36)(H,37,38);1-2H3,(H5,5,6,7,8)/b6-5-,9-8-,12-11-,15-14-,18-17-,21-20-;/t28-;/m0./s1. The number of ether oxygens (including phenoxy) is 2. The second kappa shape index (κ2) is 29.2. The summed E-state index contributed by atoms with van der Waals surface area (Å²) in [7, 11) is 3.38. The molecule has 0 aromatic carbocycles. The van der Waals surface area contributed by atoms with Gasteiger partial charge in [0.05, 0.1) is 19.4 Å². The number of hydrogen-bond donors (Lipinski definition) is 6. The number of nitrogens with one attached hydrogen (secondary N) is 2. The van der Waals surface area contributed by atoms with E-state index in [0.717, 1.165) is 32.1 Å². The summed E-state index contributed by atoms with van der Waals surface area (Å²) in [5.41, 5.74) is 8.90. The lowest BCUT2D eigenvalue weighted by Gasteiger charge is -2.28. The van der Waals surface area contributed by atoms with Crippen LogP contribution in [0, 0.1) is 10.8 Å². The number of esters is 2. The molecule has 0 heterocycles. The fourth-order valence-electron chi connectivity index (χ4n) is 3.22. The number of carbonyl (C=O) groups is 4. The Hall–Kier alpha value is -4.98. The smallest absolute Gasteiger partial charge is 0.465 e. The van der Waals surface area contributed by atoms with E-state index in [1.165, 1.54) is 4.90 Å². The van der Waals surface area contributed by atoms with E-state index in [1.54, 1.807) is 34.0 Å². The Balaban J connectivity index is 0. The highest BCUT2D eigenvalue weighted by atomic mass is 16.7. The number of aliphatic hydroxyl groups is 1. The van der Waals surface area contributed by atoms with Gasteiger partial charge in [-0.3, -0.25) is 19.8 Å². The Kier molecular flexibility index (Phi) is 27.5. The normalized spacial score (nSPS) is 12.4. The quantitative estimate of drug-likeness (QED) is 0.0343. The van der Waals surface area contributed by atoms with Crippen LogP contribution in [0.25, 0.3) is 0 Å². The van der Waals surface area contributed by atoms with E-state index in [9.17, 15) is 24.3 Å². The molecule has 1 atom stereocenters. The number of guanidine groups is 2. The van der Waals surface area contributed by atoms with E-state index in [4.69, 9.17) is 26.7 Å². The lowest BCUT2D eigenvalue weighted by Crippen LogP contribution is -2.46. The van der Waals surface area contributed by atoms with Gasteiger partial charge in [0.15, 0.2) is 5.96 Å². The lowest BCUT2D eigenvalue weighted by molar-refractivity contribution is -0.152. The number of allylic oxidation sites excluding steroid dienone is 11. The van der Waals surface area contributed by atoms with Gasteiger partial charge < -0.3 is 41.4 Å². The Labute approximate surface area is 290 Å². The molecule has 0 aromatic heterocycles. The molecule has 0 saturated carbocycles. The molecule has 49 heavy (non-hydrogen) atoms. The van der Waals surface area contributed by atoms with Crippen molar-refractivity contribution in [3.05, 3.63) is 72.9 Å². The molecular weight excluding hydrogens is 632 g/mol. The van der Waals surface area contributed by atoms with Gasteiger partial charge in [-0.1, -0.05) is 93.7 Å². The molecule has 0 aromatic rings. The predicted molar refractivity (Wildman–Crippen MR) is 193 cm³/mol. The van der Waals surface area contributed by atoms with Crippen molar-refractivity contribution in [3.63, 3.8) is 0 Å². The molecular formula is C35H56N6O8. The second-order valence-corrected chi connectivity index (χ2v) is 11.2. The number of rotatable bonds is 20. The van der Waals surface area contributed by atoms with E-state index < -0.39 is 35.5 Å². The van der Waals surface area contributed by atoms with Crippen molar-refractivity contribution in [2.75, 3.05) is 27.2 Å².